The fourth-order valence-electron chi connectivity index (χ4n) is 2.84. The first-order chi connectivity index (χ1) is 5.26. The predicted molar refractivity (Wildman–Crippen MR) is 47.5 cm³/mol. The average molecular weight is 153 g/mol. The lowest BCUT2D eigenvalue weighted by Crippen LogP contribution is -2.22. The molecule has 0 aromatic heterocycles. The molecule has 0 aromatic rings. The Morgan fingerprint density at radius 3 is 2.82 bits per heavy atom. The van der Waals surface area contributed by atoms with Crippen molar-refractivity contribution in [2.45, 2.75) is 32.6 Å². The monoisotopic (exact) mass is 153 g/mol. The standard InChI is InChI=1S/C10H19N/c1-10(5-6-11-2)4-3-8-7-9(8)10/h8-9,11H,3-7H2,1-2H3. The van der Waals surface area contributed by atoms with Crippen LogP contribution in [0.5, 0.6) is 0 Å². The van der Waals surface area contributed by atoms with Gasteiger partial charge < -0.3 is 5.32 Å². The molecule has 0 amide bonds. The Morgan fingerprint density at radius 2 is 2.36 bits per heavy atom. The number of fused-ring (bicyclic) bond motifs is 1. The SMILES string of the molecule is CNCCC1(C)CCC2CC21. The Bertz CT molecular complexity index is 155. The van der Waals surface area contributed by atoms with E-state index in [2.05, 4.69) is 19.3 Å². The first-order valence-corrected chi connectivity index (χ1v) is 4.91. The van der Waals surface area contributed by atoms with E-state index in [1.807, 2.05) is 0 Å². The van der Waals surface area contributed by atoms with Crippen LogP contribution in [0.3, 0.4) is 0 Å². The molecule has 0 heterocycles. The van der Waals surface area contributed by atoms with Crippen molar-refractivity contribution >= 4 is 0 Å². The summed E-state index contributed by atoms with van der Waals surface area (Å²) in [6.45, 7) is 3.70. The maximum atomic E-state index is 3.26. The van der Waals surface area contributed by atoms with Gasteiger partial charge in [0.1, 0.15) is 0 Å². The highest BCUT2D eigenvalue weighted by molar-refractivity contribution is 5.04. The van der Waals surface area contributed by atoms with Gasteiger partial charge in [0.25, 0.3) is 0 Å². The lowest BCUT2D eigenvalue weighted by atomic mass is 9.81. The second-order valence-corrected chi connectivity index (χ2v) is 4.65. The summed E-state index contributed by atoms with van der Waals surface area (Å²) in [5, 5.41) is 3.26. The Labute approximate surface area is 69.6 Å². The highest BCUT2D eigenvalue weighted by Gasteiger charge is 2.54. The molecule has 3 unspecified atom stereocenters. The quantitative estimate of drug-likeness (QED) is 0.654. The van der Waals surface area contributed by atoms with E-state index in [0.29, 0.717) is 5.41 Å². The van der Waals surface area contributed by atoms with E-state index >= 15 is 0 Å². The first kappa shape index (κ1) is 7.60. The normalized spacial score (nSPS) is 47.5. The van der Waals surface area contributed by atoms with Crippen LogP contribution in [-0.2, 0) is 0 Å². The minimum absolute atomic E-state index is 0.716. The molecule has 1 nitrogen and oxygen atoms in total. The van der Waals surface area contributed by atoms with Gasteiger partial charge in [-0.15, -0.1) is 0 Å². The fraction of sp³-hybridized carbons (Fsp3) is 1.00. The number of nitrogens with one attached hydrogen (secondary N) is 1. The molecule has 0 spiro atoms. The Morgan fingerprint density at radius 1 is 1.55 bits per heavy atom. The molecule has 0 radical (unpaired) electrons. The summed E-state index contributed by atoms with van der Waals surface area (Å²) in [5.41, 5.74) is 0.716. The number of rotatable bonds is 3. The Balaban J connectivity index is 1.88. The van der Waals surface area contributed by atoms with Crippen LogP contribution in [0.25, 0.3) is 0 Å². The summed E-state index contributed by atoms with van der Waals surface area (Å²) in [4.78, 5) is 0. The van der Waals surface area contributed by atoms with E-state index in [9.17, 15) is 0 Å². The van der Waals surface area contributed by atoms with Crippen LogP contribution in [0.4, 0.5) is 0 Å². The van der Waals surface area contributed by atoms with Crippen LogP contribution in [0.2, 0.25) is 0 Å². The molecule has 64 valence electrons. The Kier molecular flexibility index (Phi) is 1.71. The van der Waals surface area contributed by atoms with Crippen LogP contribution in [0.15, 0.2) is 0 Å². The summed E-state index contributed by atoms with van der Waals surface area (Å²) in [5.74, 6) is 2.24. The van der Waals surface area contributed by atoms with Gasteiger partial charge in [0.2, 0.25) is 0 Å². The molecule has 0 saturated heterocycles. The molecule has 2 fully saturated rings. The topological polar surface area (TPSA) is 12.0 Å². The summed E-state index contributed by atoms with van der Waals surface area (Å²) in [7, 11) is 2.06. The van der Waals surface area contributed by atoms with Crippen molar-refractivity contribution in [2.75, 3.05) is 13.6 Å². The minimum Gasteiger partial charge on any atom is -0.320 e. The van der Waals surface area contributed by atoms with Gasteiger partial charge in [-0.1, -0.05) is 6.92 Å². The number of hydrogen-bond acceptors (Lipinski definition) is 1. The average Bonchev–Trinajstić information content (AvgIpc) is 2.72. The van der Waals surface area contributed by atoms with Crippen LogP contribution in [-0.4, -0.2) is 13.6 Å². The molecule has 2 rings (SSSR count). The highest BCUT2D eigenvalue weighted by Crippen LogP contribution is 2.63. The lowest BCUT2D eigenvalue weighted by Gasteiger charge is -2.25. The van der Waals surface area contributed by atoms with Crippen LogP contribution in [0.1, 0.15) is 32.6 Å². The van der Waals surface area contributed by atoms with E-state index < -0.39 is 0 Å². The van der Waals surface area contributed by atoms with E-state index in [0.717, 1.165) is 11.8 Å². The Hall–Kier alpha value is -0.0400. The van der Waals surface area contributed by atoms with Crippen molar-refractivity contribution in [2.24, 2.45) is 17.3 Å². The first-order valence-electron chi connectivity index (χ1n) is 4.91. The smallest absolute Gasteiger partial charge is 0.00466 e. The highest BCUT2D eigenvalue weighted by atomic mass is 14.8. The molecular weight excluding hydrogens is 134 g/mol. The predicted octanol–water partition coefficient (Wildman–Crippen LogP) is 2.03. The third-order valence-corrected chi connectivity index (χ3v) is 3.85. The molecule has 1 heteroatoms. The van der Waals surface area contributed by atoms with Crippen molar-refractivity contribution < 1.29 is 0 Å². The maximum Gasteiger partial charge on any atom is -0.00466 e. The minimum atomic E-state index is 0.716. The second kappa shape index (κ2) is 2.48. The van der Waals surface area contributed by atoms with Crippen LogP contribution in [0, 0.1) is 17.3 Å². The van der Waals surface area contributed by atoms with Gasteiger partial charge in [-0.05, 0) is 56.5 Å². The molecular formula is C10H19N. The van der Waals surface area contributed by atoms with Crippen molar-refractivity contribution in [1.29, 1.82) is 0 Å². The maximum absolute atomic E-state index is 3.26. The van der Waals surface area contributed by atoms with E-state index in [4.69, 9.17) is 0 Å². The van der Waals surface area contributed by atoms with Gasteiger partial charge in [0.05, 0.1) is 0 Å². The van der Waals surface area contributed by atoms with Crippen molar-refractivity contribution in [3.8, 4) is 0 Å². The molecule has 0 bridgehead atoms. The summed E-state index contributed by atoms with van der Waals surface area (Å²) >= 11 is 0. The van der Waals surface area contributed by atoms with Crippen molar-refractivity contribution in [1.82, 2.24) is 5.32 Å². The largest absolute Gasteiger partial charge is 0.320 e. The molecule has 11 heavy (non-hydrogen) atoms. The number of hydrogen-bond donors (Lipinski definition) is 1. The van der Waals surface area contributed by atoms with Gasteiger partial charge in [-0.25, -0.2) is 0 Å². The van der Waals surface area contributed by atoms with E-state index in [1.54, 1.807) is 6.42 Å². The van der Waals surface area contributed by atoms with Crippen LogP contribution < -0.4 is 5.32 Å². The summed E-state index contributed by atoms with van der Waals surface area (Å²) < 4.78 is 0. The van der Waals surface area contributed by atoms with Crippen LogP contribution >= 0.6 is 0 Å². The van der Waals surface area contributed by atoms with Crippen molar-refractivity contribution in [3.63, 3.8) is 0 Å². The molecule has 1 N–H and O–H groups in total. The van der Waals surface area contributed by atoms with Crippen molar-refractivity contribution in [3.05, 3.63) is 0 Å². The van der Waals surface area contributed by atoms with Gasteiger partial charge in [-0.3, -0.25) is 0 Å². The molecule has 2 saturated carbocycles. The van der Waals surface area contributed by atoms with E-state index in [-0.39, 0.29) is 0 Å². The molecule has 0 aromatic carbocycles. The van der Waals surface area contributed by atoms with Gasteiger partial charge in [0.15, 0.2) is 0 Å². The summed E-state index contributed by atoms with van der Waals surface area (Å²) in [6.07, 6.45) is 5.94. The third kappa shape index (κ3) is 1.20. The zero-order valence-corrected chi connectivity index (χ0v) is 7.69. The van der Waals surface area contributed by atoms with E-state index in [1.165, 1.54) is 25.8 Å². The molecule has 2 aliphatic rings. The van der Waals surface area contributed by atoms with Gasteiger partial charge in [-0.2, -0.15) is 0 Å². The molecule has 0 aliphatic heterocycles. The zero-order chi connectivity index (χ0) is 7.90. The summed E-state index contributed by atoms with van der Waals surface area (Å²) in [6, 6.07) is 0. The molecule has 2 aliphatic carbocycles. The molecule has 3 atom stereocenters. The third-order valence-electron chi connectivity index (χ3n) is 3.85. The van der Waals surface area contributed by atoms with Gasteiger partial charge in [0, 0.05) is 0 Å². The second-order valence-electron chi connectivity index (χ2n) is 4.65. The zero-order valence-electron chi connectivity index (χ0n) is 7.69. The fourth-order valence-corrected chi connectivity index (χ4v) is 2.84. The lowest BCUT2D eigenvalue weighted by molar-refractivity contribution is 0.260. The van der Waals surface area contributed by atoms with Gasteiger partial charge >= 0.3 is 0 Å².